The first-order valence-corrected chi connectivity index (χ1v) is 13.4. The Kier molecular flexibility index (Phi) is 25.2. The molecule has 0 aromatic carbocycles. The Bertz CT molecular complexity index is 262. The smallest absolute Gasteiger partial charge is 0.0972 e. The molecule has 0 saturated heterocycles. The van der Waals surface area contributed by atoms with Crippen LogP contribution in [0.1, 0.15) is 156 Å². The van der Waals surface area contributed by atoms with Crippen LogP contribution < -0.4 is 21.9 Å². The molecular formula is C27H58BrN. The summed E-state index contributed by atoms with van der Waals surface area (Å²) in [5.74, 6) is 0. The maximum Gasteiger partial charge on any atom is 0.0972 e. The zero-order valence-corrected chi connectivity index (χ0v) is 22.8. The van der Waals surface area contributed by atoms with Crippen molar-refractivity contribution < 1.29 is 21.9 Å². The van der Waals surface area contributed by atoms with Crippen molar-refractivity contribution in [3.8, 4) is 0 Å². The third-order valence-electron chi connectivity index (χ3n) is 7.09. The van der Waals surface area contributed by atoms with E-state index in [4.69, 9.17) is 0 Å². The summed E-state index contributed by atoms with van der Waals surface area (Å²) >= 11 is 0. The van der Waals surface area contributed by atoms with Crippen LogP contribution >= 0.6 is 0 Å². The molecule has 29 heavy (non-hydrogen) atoms. The predicted molar refractivity (Wildman–Crippen MR) is 130 cm³/mol. The monoisotopic (exact) mass is 475 g/mol. The molecule has 0 aliphatic rings. The number of nitrogens with one attached hydrogen (secondary N) is 1. The van der Waals surface area contributed by atoms with E-state index in [1.807, 2.05) is 0 Å². The average Bonchev–Trinajstić information content (AvgIpc) is 2.69. The van der Waals surface area contributed by atoms with Crippen molar-refractivity contribution in [3.63, 3.8) is 0 Å². The van der Waals surface area contributed by atoms with Gasteiger partial charge in [-0.3, -0.25) is 0 Å². The summed E-state index contributed by atoms with van der Waals surface area (Å²) in [5, 5.41) is 0. The summed E-state index contributed by atoms with van der Waals surface area (Å²) in [6.07, 6.45) is 30.3. The highest BCUT2D eigenvalue weighted by atomic mass is 79.9. The van der Waals surface area contributed by atoms with Gasteiger partial charge in [-0.05, 0) is 19.3 Å². The van der Waals surface area contributed by atoms with Gasteiger partial charge in [-0.2, -0.15) is 0 Å². The Morgan fingerprint density at radius 2 is 0.655 bits per heavy atom. The number of hydrogen-bond donors (Lipinski definition) is 1. The van der Waals surface area contributed by atoms with E-state index in [1.165, 1.54) is 135 Å². The molecule has 0 aliphatic carbocycles. The van der Waals surface area contributed by atoms with Gasteiger partial charge in [0, 0.05) is 19.3 Å². The highest BCUT2D eigenvalue weighted by Gasteiger charge is 2.34. The summed E-state index contributed by atoms with van der Waals surface area (Å²) in [6.45, 7) is 6.96. The van der Waals surface area contributed by atoms with Crippen LogP contribution in [0.25, 0.3) is 0 Å². The van der Waals surface area contributed by atoms with Crippen LogP contribution in [0.2, 0.25) is 0 Å². The Labute approximate surface area is 197 Å². The van der Waals surface area contributed by atoms with Crippen molar-refractivity contribution in [2.75, 3.05) is 14.1 Å². The molecule has 0 heterocycles. The third-order valence-corrected chi connectivity index (χ3v) is 7.09. The Morgan fingerprint density at radius 3 is 0.897 bits per heavy atom. The van der Waals surface area contributed by atoms with E-state index in [0.717, 1.165) is 0 Å². The van der Waals surface area contributed by atoms with E-state index in [-0.39, 0.29) is 17.0 Å². The summed E-state index contributed by atoms with van der Waals surface area (Å²) in [6, 6.07) is 0. The van der Waals surface area contributed by atoms with Crippen molar-refractivity contribution in [2.24, 2.45) is 0 Å². The molecule has 0 spiro atoms. The molecule has 0 atom stereocenters. The minimum atomic E-state index is 0. The number of quaternary nitrogens is 1. The Balaban J connectivity index is 0. The fourth-order valence-corrected chi connectivity index (χ4v) is 4.86. The van der Waals surface area contributed by atoms with Crippen molar-refractivity contribution in [3.05, 3.63) is 0 Å². The van der Waals surface area contributed by atoms with Gasteiger partial charge in [-0.25, -0.2) is 0 Å². The van der Waals surface area contributed by atoms with E-state index in [9.17, 15) is 0 Å². The zero-order valence-electron chi connectivity index (χ0n) is 21.2. The van der Waals surface area contributed by atoms with Crippen LogP contribution in [0.5, 0.6) is 0 Å². The molecule has 0 saturated carbocycles. The molecule has 0 radical (unpaired) electrons. The van der Waals surface area contributed by atoms with Crippen LogP contribution in [0.4, 0.5) is 0 Å². The van der Waals surface area contributed by atoms with E-state index < -0.39 is 0 Å². The second-order valence-corrected chi connectivity index (χ2v) is 9.83. The minimum Gasteiger partial charge on any atom is -1.00 e. The lowest BCUT2D eigenvalue weighted by Crippen LogP contribution is -3.15. The van der Waals surface area contributed by atoms with Crippen LogP contribution in [0.3, 0.4) is 0 Å². The van der Waals surface area contributed by atoms with Gasteiger partial charge in [0.2, 0.25) is 0 Å². The predicted octanol–water partition coefficient (Wildman–Crippen LogP) is 5.13. The molecule has 0 rings (SSSR count). The number of halogens is 1. The largest absolute Gasteiger partial charge is 1.00 e. The third kappa shape index (κ3) is 17.8. The van der Waals surface area contributed by atoms with Gasteiger partial charge in [-0.1, -0.05) is 117 Å². The second kappa shape index (κ2) is 23.1. The summed E-state index contributed by atoms with van der Waals surface area (Å²) in [7, 11) is 4.90. The fraction of sp³-hybridized carbons (Fsp3) is 1.00. The normalized spacial score (nSPS) is 11.8. The van der Waals surface area contributed by atoms with Gasteiger partial charge >= 0.3 is 0 Å². The van der Waals surface area contributed by atoms with Crippen LogP contribution in [0.15, 0.2) is 0 Å². The number of unbranched alkanes of at least 4 members (excludes halogenated alkanes) is 15. The molecule has 0 aromatic rings. The van der Waals surface area contributed by atoms with Crippen molar-refractivity contribution >= 4 is 0 Å². The minimum absolute atomic E-state index is 0. The summed E-state index contributed by atoms with van der Waals surface area (Å²) < 4.78 is 0. The van der Waals surface area contributed by atoms with E-state index in [2.05, 4.69) is 34.9 Å². The van der Waals surface area contributed by atoms with Crippen molar-refractivity contribution in [1.29, 1.82) is 0 Å². The maximum absolute atomic E-state index is 2.45. The Morgan fingerprint density at radius 1 is 0.414 bits per heavy atom. The van der Waals surface area contributed by atoms with Crippen LogP contribution in [0, 0.1) is 0 Å². The lowest BCUT2D eigenvalue weighted by Gasteiger charge is -2.38. The molecule has 1 nitrogen and oxygen atoms in total. The molecule has 0 aromatic heterocycles. The SMILES string of the molecule is CCCCCCCCC(CCCCCCCC)(CCCCCCCC)[NH+](C)C.[Br-]. The second-order valence-electron chi connectivity index (χ2n) is 9.83. The molecule has 1 N–H and O–H groups in total. The van der Waals surface area contributed by atoms with E-state index >= 15 is 0 Å². The summed E-state index contributed by atoms with van der Waals surface area (Å²) in [5.41, 5.74) is 0.556. The highest BCUT2D eigenvalue weighted by Crippen LogP contribution is 2.26. The van der Waals surface area contributed by atoms with E-state index in [0.29, 0.717) is 5.54 Å². The van der Waals surface area contributed by atoms with Crippen molar-refractivity contribution in [2.45, 2.75) is 161 Å². The number of rotatable bonds is 22. The summed E-state index contributed by atoms with van der Waals surface area (Å²) in [4.78, 5) is 1.74. The first-order chi connectivity index (χ1) is 13.6. The topological polar surface area (TPSA) is 4.44 Å². The molecule has 0 unspecified atom stereocenters. The lowest BCUT2D eigenvalue weighted by molar-refractivity contribution is -0.917. The molecule has 0 aliphatic heterocycles. The Hall–Kier alpha value is 0.440. The van der Waals surface area contributed by atoms with Gasteiger partial charge in [0.15, 0.2) is 0 Å². The molecule has 178 valence electrons. The fourth-order valence-electron chi connectivity index (χ4n) is 4.86. The number of hydrogen-bond acceptors (Lipinski definition) is 0. The molecule has 0 bridgehead atoms. The molecular weight excluding hydrogens is 418 g/mol. The molecule has 0 fully saturated rings. The first kappa shape index (κ1) is 31.6. The first-order valence-electron chi connectivity index (χ1n) is 13.4. The van der Waals surface area contributed by atoms with Crippen LogP contribution in [-0.4, -0.2) is 19.6 Å². The van der Waals surface area contributed by atoms with Crippen molar-refractivity contribution in [1.82, 2.24) is 0 Å². The maximum atomic E-state index is 2.45. The quantitative estimate of drug-likeness (QED) is 0.207. The van der Waals surface area contributed by atoms with Crippen LogP contribution in [-0.2, 0) is 0 Å². The van der Waals surface area contributed by atoms with Gasteiger partial charge in [0.05, 0.1) is 19.6 Å². The van der Waals surface area contributed by atoms with Gasteiger partial charge in [0.1, 0.15) is 0 Å². The zero-order chi connectivity index (χ0) is 20.9. The van der Waals surface area contributed by atoms with E-state index in [1.54, 1.807) is 4.90 Å². The standard InChI is InChI=1S/C27H57N.BrH/c1-6-9-12-15-18-21-24-27(28(4)5,25-22-19-16-13-10-7-2)26-23-20-17-14-11-8-3;/h6-26H2,1-5H3;1H. The van der Waals surface area contributed by atoms with Gasteiger partial charge < -0.3 is 21.9 Å². The average molecular weight is 477 g/mol. The van der Waals surface area contributed by atoms with Gasteiger partial charge in [-0.15, -0.1) is 0 Å². The highest BCUT2D eigenvalue weighted by molar-refractivity contribution is 4.79. The molecule has 0 amide bonds. The molecule has 2 heteroatoms. The lowest BCUT2D eigenvalue weighted by atomic mass is 9.80. The van der Waals surface area contributed by atoms with Gasteiger partial charge in [0.25, 0.3) is 0 Å².